The van der Waals surface area contributed by atoms with Gasteiger partial charge in [0.2, 0.25) is 5.91 Å². The third kappa shape index (κ3) is 16.8. The van der Waals surface area contributed by atoms with Crippen LogP contribution < -0.4 is 16.0 Å². The normalized spacial score (nSPS) is 12.9. The molecule has 0 radical (unpaired) electrons. The van der Waals surface area contributed by atoms with Gasteiger partial charge in [0.15, 0.2) is 0 Å². The number of aliphatic hydroxyl groups excluding tert-OH is 6. The van der Waals surface area contributed by atoms with Gasteiger partial charge in [0.1, 0.15) is 5.54 Å². The van der Waals surface area contributed by atoms with Gasteiger partial charge in [-0.1, -0.05) is 0 Å². The van der Waals surface area contributed by atoms with E-state index in [9.17, 15) is 54.9 Å². The van der Waals surface area contributed by atoms with Crippen LogP contribution in [0.15, 0.2) is 18.2 Å². The third-order valence-electron chi connectivity index (χ3n) is 7.04. The molecule has 1 unspecified atom stereocenters. The Morgan fingerprint density at radius 2 is 1.43 bits per heavy atom. The van der Waals surface area contributed by atoms with Crippen LogP contribution >= 0.6 is 65.8 Å². The first kappa shape index (κ1) is 45.9. The number of likely N-dealkylation sites (N-methyl/N-ethyl adjacent to an activating group) is 1. The first-order valence-corrected chi connectivity index (χ1v) is 20.5. The van der Waals surface area contributed by atoms with E-state index in [1.165, 1.54) is 0 Å². The van der Waals surface area contributed by atoms with Crippen LogP contribution in [0.3, 0.4) is 0 Å². The molecule has 1 heterocycles. The summed E-state index contributed by atoms with van der Waals surface area (Å²) in [5.41, 5.74) is -2.03. The number of aromatic nitrogens is 1. The van der Waals surface area contributed by atoms with E-state index < -0.39 is 98.6 Å². The quantitative estimate of drug-likeness (QED) is 0.0166. The summed E-state index contributed by atoms with van der Waals surface area (Å²) in [5.74, 6) is -1.77. The SMILES string of the molecule is CN(I)CCNC(CCC(=O)NC(CO)(CO)CO)C(=O)OCCc1cccc(CN(I)I(CCC(=O)NC(CO)(CO)CO)C(=O)O)n1. The molecular formula is C28H47I3N6O12. The van der Waals surface area contributed by atoms with Crippen molar-refractivity contribution in [3.63, 3.8) is 0 Å². The molecule has 0 saturated carbocycles. The van der Waals surface area contributed by atoms with Crippen LogP contribution in [0.1, 0.15) is 30.7 Å². The van der Waals surface area contributed by atoms with Crippen molar-refractivity contribution >= 4 is 87.6 Å². The molecule has 1 rings (SSSR count). The van der Waals surface area contributed by atoms with Crippen LogP contribution in [0.25, 0.3) is 0 Å². The number of carbonyl (C=O) groups excluding carboxylic acids is 3. The second-order valence-corrected chi connectivity index (χ2v) is 20.8. The monoisotopic (exact) mass is 1040 g/mol. The number of aliphatic hydroxyl groups is 6. The van der Waals surface area contributed by atoms with Gasteiger partial charge in [-0.05, 0) is 7.05 Å². The Labute approximate surface area is 320 Å². The molecule has 0 aliphatic carbocycles. The summed E-state index contributed by atoms with van der Waals surface area (Å²) in [6.45, 7) is -2.92. The summed E-state index contributed by atoms with van der Waals surface area (Å²) in [7, 11) is 1.85. The molecule has 0 bridgehead atoms. The van der Waals surface area contributed by atoms with E-state index in [0.717, 1.165) is 0 Å². The molecule has 1 aromatic rings. The fraction of sp³-hybridized carbons (Fsp3) is 0.679. The fourth-order valence-corrected chi connectivity index (χ4v) is 10.0. The van der Waals surface area contributed by atoms with Crippen LogP contribution in [0.4, 0.5) is 4.79 Å². The Morgan fingerprint density at radius 3 is 1.94 bits per heavy atom. The molecule has 0 fully saturated rings. The molecular weight excluding hydrogens is 993 g/mol. The predicted octanol–water partition coefficient (Wildman–Crippen LogP) is -1.51. The number of esters is 1. The van der Waals surface area contributed by atoms with Crippen molar-refractivity contribution in [1.82, 2.24) is 25.4 Å². The average Bonchev–Trinajstić information content (AvgIpc) is 3.07. The molecule has 49 heavy (non-hydrogen) atoms. The number of ether oxygens (including phenoxy) is 1. The van der Waals surface area contributed by atoms with E-state index in [2.05, 4.69) is 43.8 Å². The van der Waals surface area contributed by atoms with Crippen LogP contribution in [0, 0.1) is 0 Å². The van der Waals surface area contributed by atoms with E-state index in [0.29, 0.717) is 24.5 Å². The van der Waals surface area contributed by atoms with Gasteiger partial charge in [-0.15, -0.1) is 0 Å². The minimum atomic E-state index is -2.94. The molecule has 18 nitrogen and oxygen atoms in total. The van der Waals surface area contributed by atoms with E-state index in [1.54, 1.807) is 19.5 Å². The van der Waals surface area contributed by atoms with E-state index in [4.69, 9.17) is 4.74 Å². The van der Waals surface area contributed by atoms with E-state index in [1.807, 2.05) is 33.0 Å². The van der Waals surface area contributed by atoms with Crippen LogP contribution in [-0.2, 0) is 32.1 Å². The zero-order valence-corrected chi connectivity index (χ0v) is 33.5. The number of rotatable bonds is 26. The summed E-state index contributed by atoms with van der Waals surface area (Å²) in [6.07, 6.45) is -0.0255. The van der Waals surface area contributed by atoms with Crippen molar-refractivity contribution in [3.8, 4) is 0 Å². The number of hydrogen-bond acceptors (Lipinski definition) is 15. The fourth-order valence-electron chi connectivity index (χ4n) is 3.96. The Hall–Kier alpha value is -1.14. The molecule has 0 aromatic carbocycles. The maximum atomic E-state index is 13.0. The first-order valence-electron chi connectivity index (χ1n) is 15.0. The molecule has 2 amide bonds. The van der Waals surface area contributed by atoms with Crippen LogP contribution in [0.5, 0.6) is 0 Å². The van der Waals surface area contributed by atoms with Gasteiger partial charge in [-0.3, -0.25) is 4.79 Å². The van der Waals surface area contributed by atoms with Gasteiger partial charge >= 0.3 is 226 Å². The van der Waals surface area contributed by atoms with Gasteiger partial charge in [0, 0.05) is 29.4 Å². The Kier molecular flexibility index (Phi) is 22.6. The number of carbonyl (C=O) groups is 4. The minimum absolute atomic E-state index is 0.0256. The van der Waals surface area contributed by atoms with Gasteiger partial charge in [-0.25, -0.2) is 3.11 Å². The molecule has 0 aliphatic heterocycles. The zero-order valence-electron chi connectivity index (χ0n) is 27.1. The van der Waals surface area contributed by atoms with Crippen molar-refractivity contribution in [3.05, 3.63) is 29.6 Å². The van der Waals surface area contributed by atoms with Gasteiger partial charge < -0.3 is 20.6 Å². The van der Waals surface area contributed by atoms with E-state index in [-0.39, 0.29) is 43.3 Å². The summed E-state index contributed by atoms with van der Waals surface area (Å²) >= 11 is 1.05. The number of alkyl halides is 1. The molecule has 21 heteroatoms. The van der Waals surface area contributed by atoms with E-state index >= 15 is 0 Å². The van der Waals surface area contributed by atoms with Crippen LogP contribution in [0.2, 0.25) is 0 Å². The predicted molar refractivity (Wildman–Crippen MR) is 202 cm³/mol. The standard InChI is InChI=1S/C28H47I3N6O12/c1-36(29)11-10-32-22(5-6-23(44)34-27(14-38,15-39)16-40)25(46)49-12-8-20-3-2-4-21(33-20)13-37(30)31(26(47)48)9-7-24(45)35-28(17-41,18-42)19-43/h2-4,22,32,38-43H,5-19H2,1H3,(H,34,44)(H,35,45)(H,47,48). The molecule has 0 spiro atoms. The van der Waals surface area contributed by atoms with Gasteiger partial charge in [0.05, 0.1) is 19.8 Å². The second-order valence-electron chi connectivity index (χ2n) is 11.0. The number of carboxylic acid groups (broad SMARTS) is 1. The van der Waals surface area contributed by atoms with Crippen molar-refractivity contribution in [1.29, 1.82) is 0 Å². The Bertz CT molecular complexity index is 1160. The Balaban J connectivity index is 2.79. The first-order chi connectivity index (χ1) is 23.2. The van der Waals surface area contributed by atoms with Crippen molar-refractivity contribution in [2.45, 2.75) is 49.3 Å². The summed E-state index contributed by atoms with van der Waals surface area (Å²) in [6, 6.07) is 4.35. The van der Waals surface area contributed by atoms with Gasteiger partial charge in [-0.2, -0.15) is 0 Å². The number of halogens is 3. The summed E-state index contributed by atoms with van der Waals surface area (Å²) in [4.78, 5) is 54.4. The zero-order chi connectivity index (χ0) is 37.0. The van der Waals surface area contributed by atoms with Crippen molar-refractivity contribution in [2.75, 3.05) is 70.8 Å². The number of pyridine rings is 1. The van der Waals surface area contributed by atoms with Crippen LogP contribution in [-0.4, -0.2) is 155 Å². The number of amides is 2. The molecule has 10 N–H and O–H groups in total. The third-order valence-corrected chi connectivity index (χ3v) is 15.0. The Morgan fingerprint density at radius 1 is 0.898 bits per heavy atom. The number of nitrogens with zero attached hydrogens (tertiary/aromatic N) is 3. The second kappa shape index (κ2) is 24.2. The number of nitrogens with one attached hydrogen (secondary N) is 3. The molecule has 1 atom stereocenters. The topological polar surface area (TPSA) is 275 Å². The molecule has 282 valence electrons. The van der Waals surface area contributed by atoms with Gasteiger partial charge in [0.25, 0.3) is 0 Å². The van der Waals surface area contributed by atoms with Crippen molar-refractivity contribution in [2.24, 2.45) is 0 Å². The summed E-state index contributed by atoms with van der Waals surface area (Å²) < 4.78 is 8.04. The molecule has 0 saturated heterocycles. The van der Waals surface area contributed by atoms with Crippen molar-refractivity contribution < 1.29 is 59.7 Å². The maximum absolute atomic E-state index is 13.0. The number of hydrogen-bond donors (Lipinski definition) is 10. The average molecular weight is 1040 g/mol. The molecule has 1 aromatic heterocycles. The molecule has 0 aliphatic rings. The summed E-state index contributed by atoms with van der Waals surface area (Å²) in [5, 5.41) is 74.3.